The largest absolute Gasteiger partial charge is 0.396 e. The Labute approximate surface area is 129 Å². The van der Waals surface area contributed by atoms with E-state index < -0.39 is 10.8 Å². The van der Waals surface area contributed by atoms with Gasteiger partial charge in [-0.3, -0.25) is 4.79 Å². The van der Waals surface area contributed by atoms with Gasteiger partial charge >= 0.3 is 0 Å². The van der Waals surface area contributed by atoms with Crippen LogP contribution in [0.2, 0.25) is 0 Å². The summed E-state index contributed by atoms with van der Waals surface area (Å²) < 4.78 is 0. The van der Waals surface area contributed by atoms with Gasteiger partial charge in [-0.15, -0.1) is 0 Å². The second-order valence-corrected chi connectivity index (χ2v) is 6.61. The molecular weight excluding hydrogens is 280 g/mol. The van der Waals surface area contributed by atoms with Gasteiger partial charge in [0.2, 0.25) is 5.91 Å². The van der Waals surface area contributed by atoms with Crippen molar-refractivity contribution in [2.75, 3.05) is 26.3 Å². The van der Waals surface area contributed by atoms with E-state index in [0.717, 1.165) is 24.8 Å². The Morgan fingerprint density at radius 2 is 1.95 bits per heavy atom. The van der Waals surface area contributed by atoms with E-state index in [2.05, 4.69) is 6.07 Å². The van der Waals surface area contributed by atoms with Gasteiger partial charge < -0.3 is 15.1 Å². The number of nitrogens with zero attached hydrogens (tertiary/aromatic N) is 2. The van der Waals surface area contributed by atoms with Crippen molar-refractivity contribution in [3.63, 3.8) is 0 Å². The van der Waals surface area contributed by atoms with Gasteiger partial charge in [-0.2, -0.15) is 5.26 Å². The van der Waals surface area contributed by atoms with Crippen LogP contribution in [-0.4, -0.2) is 47.3 Å². The minimum absolute atomic E-state index is 0.0614. The Balaban J connectivity index is 1.82. The van der Waals surface area contributed by atoms with E-state index in [9.17, 15) is 15.0 Å². The van der Waals surface area contributed by atoms with Crippen molar-refractivity contribution >= 4 is 5.91 Å². The molecule has 1 aliphatic carbocycles. The predicted molar refractivity (Wildman–Crippen MR) is 79.9 cm³/mol. The van der Waals surface area contributed by atoms with Crippen molar-refractivity contribution in [3.05, 3.63) is 35.4 Å². The average molecular weight is 300 g/mol. The van der Waals surface area contributed by atoms with E-state index in [-0.39, 0.29) is 19.1 Å². The van der Waals surface area contributed by atoms with E-state index >= 15 is 0 Å². The highest BCUT2D eigenvalue weighted by Crippen LogP contribution is 2.47. The van der Waals surface area contributed by atoms with Crippen LogP contribution in [0.1, 0.15) is 30.4 Å². The fourth-order valence-corrected chi connectivity index (χ4v) is 3.50. The van der Waals surface area contributed by atoms with Crippen LogP contribution in [-0.2, 0) is 10.2 Å². The molecule has 1 heterocycles. The first-order chi connectivity index (χ1) is 10.6. The molecule has 1 aromatic rings. The minimum atomic E-state index is -0.547. The van der Waals surface area contributed by atoms with Crippen LogP contribution in [0.3, 0.4) is 0 Å². The molecule has 0 aromatic heterocycles. The Hall–Kier alpha value is -1.90. The Bertz CT molecular complexity index is 619. The molecule has 3 rings (SSSR count). The zero-order valence-corrected chi connectivity index (χ0v) is 12.5. The molecule has 22 heavy (non-hydrogen) atoms. The van der Waals surface area contributed by atoms with Crippen molar-refractivity contribution in [2.24, 2.45) is 5.41 Å². The molecule has 116 valence electrons. The predicted octanol–water partition coefficient (Wildman–Crippen LogP) is 0.793. The van der Waals surface area contributed by atoms with E-state index in [0.29, 0.717) is 18.7 Å². The molecule has 1 saturated heterocycles. The normalized spacial score (nSPS) is 21.4. The second-order valence-electron chi connectivity index (χ2n) is 6.61. The number of benzene rings is 1. The van der Waals surface area contributed by atoms with E-state index in [1.165, 1.54) is 0 Å². The molecule has 1 amide bonds. The van der Waals surface area contributed by atoms with Crippen LogP contribution in [0.5, 0.6) is 0 Å². The number of nitriles is 1. The molecule has 0 spiro atoms. The maximum Gasteiger partial charge on any atom is 0.233 e. The lowest BCUT2D eigenvalue weighted by molar-refractivity contribution is -0.159. The molecule has 1 saturated carbocycles. The molecule has 5 nitrogen and oxygen atoms in total. The van der Waals surface area contributed by atoms with Crippen LogP contribution < -0.4 is 0 Å². The lowest BCUT2D eigenvalue weighted by Gasteiger charge is -2.53. The molecule has 1 aliphatic heterocycles. The van der Waals surface area contributed by atoms with Crippen LogP contribution in [0.25, 0.3) is 0 Å². The fourth-order valence-electron chi connectivity index (χ4n) is 3.50. The van der Waals surface area contributed by atoms with Crippen molar-refractivity contribution in [3.8, 4) is 6.07 Å². The third kappa shape index (κ3) is 2.11. The highest BCUT2D eigenvalue weighted by atomic mass is 16.3. The van der Waals surface area contributed by atoms with Gasteiger partial charge in [0.1, 0.15) is 0 Å². The van der Waals surface area contributed by atoms with Gasteiger partial charge in [0.05, 0.1) is 35.7 Å². The standard InChI is InChI=1S/C17H20N2O3/c18-8-13-3-1-4-14(7-13)17(5-2-6-17)15(22)19-9-16(10-19,11-20)12-21/h1,3-4,7,20-21H,2,5-6,9-12H2. The molecule has 0 radical (unpaired) electrons. The van der Waals surface area contributed by atoms with Gasteiger partial charge in [-0.1, -0.05) is 18.6 Å². The Kier molecular flexibility index (Phi) is 3.67. The fraction of sp³-hybridized carbons (Fsp3) is 0.529. The first-order valence-electron chi connectivity index (χ1n) is 7.61. The third-order valence-electron chi connectivity index (χ3n) is 5.17. The van der Waals surface area contributed by atoms with Crippen LogP contribution in [0, 0.1) is 16.7 Å². The summed E-state index contributed by atoms with van der Waals surface area (Å²) in [6, 6.07) is 9.42. The number of likely N-dealkylation sites (tertiary alicyclic amines) is 1. The zero-order chi connectivity index (χ0) is 15.8. The zero-order valence-electron chi connectivity index (χ0n) is 12.5. The van der Waals surface area contributed by atoms with E-state index in [1.54, 1.807) is 11.0 Å². The van der Waals surface area contributed by atoms with Gasteiger partial charge in [0, 0.05) is 13.1 Å². The lowest BCUT2D eigenvalue weighted by Crippen LogP contribution is -2.66. The molecule has 0 bridgehead atoms. The number of amides is 1. The van der Waals surface area contributed by atoms with E-state index in [1.807, 2.05) is 18.2 Å². The first kappa shape index (κ1) is 15.0. The number of aliphatic hydroxyl groups is 2. The summed E-state index contributed by atoms with van der Waals surface area (Å²) in [6.07, 6.45) is 2.59. The average Bonchev–Trinajstić information content (AvgIpc) is 2.46. The van der Waals surface area contributed by atoms with Crippen molar-refractivity contribution < 1.29 is 15.0 Å². The number of carbonyl (C=O) groups excluding carboxylic acids is 1. The SMILES string of the molecule is N#Cc1cccc(C2(C(=O)N3CC(CO)(CO)C3)CCC2)c1. The minimum Gasteiger partial charge on any atom is -0.396 e. The monoisotopic (exact) mass is 300 g/mol. The smallest absolute Gasteiger partial charge is 0.233 e. The third-order valence-corrected chi connectivity index (χ3v) is 5.17. The van der Waals surface area contributed by atoms with Crippen LogP contribution in [0.15, 0.2) is 24.3 Å². The topological polar surface area (TPSA) is 84.6 Å². The van der Waals surface area contributed by atoms with Crippen molar-refractivity contribution in [1.29, 1.82) is 5.26 Å². The Morgan fingerprint density at radius 3 is 2.45 bits per heavy atom. The lowest BCUT2D eigenvalue weighted by atomic mass is 9.62. The molecule has 0 atom stereocenters. The van der Waals surface area contributed by atoms with Crippen molar-refractivity contribution in [1.82, 2.24) is 4.90 Å². The highest BCUT2D eigenvalue weighted by Gasteiger charge is 2.53. The second kappa shape index (κ2) is 5.38. The van der Waals surface area contributed by atoms with Gasteiger partial charge in [0.15, 0.2) is 0 Å². The van der Waals surface area contributed by atoms with Crippen LogP contribution in [0.4, 0.5) is 0 Å². The molecule has 2 aliphatic rings. The summed E-state index contributed by atoms with van der Waals surface area (Å²) >= 11 is 0. The summed E-state index contributed by atoms with van der Waals surface area (Å²) in [6.45, 7) is 0.589. The number of rotatable bonds is 4. The van der Waals surface area contributed by atoms with Crippen molar-refractivity contribution in [2.45, 2.75) is 24.7 Å². The summed E-state index contributed by atoms with van der Waals surface area (Å²) in [5.41, 5.74) is 0.410. The molecule has 0 unspecified atom stereocenters. The van der Waals surface area contributed by atoms with Gasteiger partial charge in [-0.05, 0) is 30.5 Å². The molecule has 1 aromatic carbocycles. The number of hydrogen-bond donors (Lipinski definition) is 2. The molecule has 2 N–H and O–H groups in total. The van der Waals surface area contributed by atoms with Gasteiger partial charge in [0.25, 0.3) is 0 Å². The molecular formula is C17H20N2O3. The summed E-state index contributed by atoms with van der Waals surface area (Å²) in [4.78, 5) is 14.7. The maximum atomic E-state index is 12.9. The molecule has 2 fully saturated rings. The number of carbonyl (C=O) groups is 1. The van der Waals surface area contributed by atoms with Crippen LogP contribution >= 0.6 is 0 Å². The first-order valence-corrected chi connectivity index (χ1v) is 7.61. The highest BCUT2D eigenvalue weighted by molar-refractivity contribution is 5.90. The maximum absolute atomic E-state index is 12.9. The number of hydrogen-bond acceptors (Lipinski definition) is 4. The Morgan fingerprint density at radius 1 is 1.27 bits per heavy atom. The molecule has 5 heteroatoms. The number of aliphatic hydroxyl groups excluding tert-OH is 2. The summed E-state index contributed by atoms with van der Waals surface area (Å²) in [5.74, 6) is 0.0614. The summed E-state index contributed by atoms with van der Waals surface area (Å²) in [5, 5.41) is 27.8. The quantitative estimate of drug-likeness (QED) is 0.861. The van der Waals surface area contributed by atoms with E-state index in [4.69, 9.17) is 5.26 Å². The summed E-state index contributed by atoms with van der Waals surface area (Å²) in [7, 11) is 0. The van der Waals surface area contributed by atoms with Gasteiger partial charge in [-0.25, -0.2) is 0 Å².